The molecule has 44 heavy (non-hydrogen) atoms. The highest BCUT2D eigenvalue weighted by Crippen LogP contribution is 2.33. The largest absolute Gasteiger partial charge is 0.368 e. The maximum absolute atomic E-state index is 14.6. The molecule has 7 nitrogen and oxygen atoms in total. The first-order valence-corrected chi connectivity index (χ1v) is 16.5. The second kappa shape index (κ2) is 16.1. The number of fused-ring (bicyclic) bond motifs is 1. The van der Waals surface area contributed by atoms with Crippen LogP contribution < -0.4 is 5.73 Å². The van der Waals surface area contributed by atoms with Crippen LogP contribution in [0.15, 0.2) is 66.7 Å². The summed E-state index contributed by atoms with van der Waals surface area (Å²) in [5.74, 6) is -0.936. The zero-order valence-electron chi connectivity index (χ0n) is 26.4. The van der Waals surface area contributed by atoms with Crippen molar-refractivity contribution in [3.05, 3.63) is 82.9 Å². The number of hydrogen-bond donors (Lipinski definition) is 1. The van der Waals surface area contributed by atoms with E-state index in [1.165, 1.54) is 0 Å². The van der Waals surface area contributed by atoms with Gasteiger partial charge in [0.25, 0.3) is 5.91 Å². The molecule has 0 saturated carbocycles. The Kier molecular flexibility index (Phi) is 12.2. The van der Waals surface area contributed by atoms with Gasteiger partial charge in [-0.1, -0.05) is 92.9 Å². The highest BCUT2D eigenvalue weighted by Gasteiger charge is 2.43. The number of hydrogen-bond acceptors (Lipinski definition) is 4. The Morgan fingerprint density at radius 3 is 2.34 bits per heavy atom. The first kappa shape index (κ1) is 33.5. The van der Waals surface area contributed by atoms with Gasteiger partial charge in [0.1, 0.15) is 12.1 Å². The van der Waals surface area contributed by atoms with Crippen LogP contribution >= 0.6 is 11.6 Å². The summed E-state index contributed by atoms with van der Waals surface area (Å²) in [6.45, 7) is 9.22. The molecule has 1 aliphatic heterocycles. The number of halogens is 1. The second-order valence-corrected chi connectivity index (χ2v) is 12.4. The van der Waals surface area contributed by atoms with Crippen LogP contribution in [-0.2, 0) is 20.8 Å². The molecule has 0 spiro atoms. The molecule has 2 unspecified atom stereocenters. The van der Waals surface area contributed by atoms with E-state index in [0.29, 0.717) is 36.5 Å². The molecular formula is C36H47ClN4O3. The summed E-state index contributed by atoms with van der Waals surface area (Å²) in [6, 6.07) is 19.1. The quantitative estimate of drug-likeness (QED) is 0.227. The minimum Gasteiger partial charge on any atom is -0.368 e. The van der Waals surface area contributed by atoms with Crippen molar-refractivity contribution in [3.8, 4) is 0 Å². The van der Waals surface area contributed by atoms with E-state index in [9.17, 15) is 14.4 Å². The number of primary amides is 1. The van der Waals surface area contributed by atoms with Crippen molar-refractivity contribution in [1.82, 2.24) is 14.7 Å². The van der Waals surface area contributed by atoms with Crippen LogP contribution in [0.25, 0.3) is 10.8 Å². The molecule has 3 atom stereocenters. The maximum atomic E-state index is 14.6. The lowest BCUT2D eigenvalue weighted by Crippen LogP contribution is -2.52. The predicted octanol–water partition coefficient (Wildman–Crippen LogP) is 6.37. The maximum Gasteiger partial charge on any atom is 0.250 e. The van der Waals surface area contributed by atoms with Crippen LogP contribution in [0.2, 0.25) is 5.02 Å². The van der Waals surface area contributed by atoms with Crippen LogP contribution in [0.5, 0.6) is 0 Å². The molecule has 0 radical (unpaired) electrons. The molecule has 236 valence electrons. The molecule has 1 saturated heterocycles. The Hall–Kier alpha value is -3.42. The Bertz CT molecular complexity index is 1420. The smallest absolute Gasteiger partial charge is 0.250 e. The summed E-state index contributed by atoms with van der Waals surface area (Å²) in [5, 5.41) is 2.57. The third-order valence-electron chi connectivity index (χ3n) is 8.81. The Morgan fingerprint density at radius 2 is 1.66 bits per heavy atom. The Labute approximate surface area is 267 Å². The summed E-state index contributed by atoms with van der Waals surface area (Å²) in [5.41, 5.74) is 7.61. The number of amides is 3. The fourth-order valence-electron chi connectivity index (χ4n) is 6.31. The van der Waals surface area contributed by atoms with Gasteiger partial charge >= 0.3 is 0 Å². The number of benzene rings is 3. The lowest BCUT2D eigenvalue weighted by Gasteiger charge is -2.36. The third kappa shape index (κ3) is 8.19. The average Bonchev–Trinajstić information content (AvgIpc) is 3.14. The van der Waals surface area contributed by atoms with Crippen LogP contribution in [0, 0.1) is 0 Å². The van der Waals surface area contributed by atoms with Gasteiger partial charge in [-0.15, -0.1) is 0 Å². The fourth-order valence-corrected chi connectivity index (χ4v) is 6.51. The third-order valence-corrected chi connectivity index (χ3v) is 9.04. The van der Waals surface area contributed by atoms with Gasteiger partial charge in [0.2, 0.25) is 11.8 Å². The summed E-state index contributed by atoms with van der Waals surface area (Å²) in [6.07, 6.45) is 5.50. The minimum absolute atomic E-state index is 0.0691. The number of carbonyl (C=O) groups is 3. The second-order valence-electron chi connectivity index (χ2n) is 12.0. The SMILES string of the molecule is CCCCN(CCCC)CCC(=O)N1C(C)CCN(C(Cc2cccc3ccccc23)C(N)=O)C(=O)[C@H]1c1cccc(Cl)c1. The van der Waals surface area contributed by atoms with E-state index in [4.69, 9.17) is 17.3 Å². The lowest BCUT2D eigenvalue weighted by molar-refractivity contribution is -0.148. The molecule has 8 heteroatoms. The van der Waals surface area contributed by atoms with E-state index in [1.807, 2.05) is 55.5 Å². The van der Waals surface area contributed by atoms with E-state index in [-0.39, 0.29) is 24.3 Å². The van der Waals surface area contributed by atoms with E-state index in [1.54, 1.807) is 28.0 Å². The van der Waals surface area contributed by atoms with Crippen LogP contribution in [-0.4, -0.2) is 70.7 Å². The van der Waals surface area contributed by atoms with Crippen LogP contribution in [0.1, 0.15) is 76.5 Å². The lowest BCUT2D eigenvalue weighted by atomic mass is 9.96. The monoisotopic (exact) mass is 618 g/mol. The minimum atomic E-state index is -0.909. The van der Waals surface area contributed by atoms with Gasteiger partial charge in [-0.3, -0.25) is 14.4 Å². The van der Waals surface area contributed by atoms with Crippen molar-refractivity contribution >= 4 is 40.1 Å². The summed E-state index contributed by atoms with van der Waals surface area (Å²) < 4.78 is 0. The standard InChI is InChI=1S/C36H47ClN4O3/c1-4-6-20-39(21-7-5-2)22-19-33(42)41-26(3)18-23-40(36(44)34(41)29-15-11-16-30(37)24-29)32(35(38)43)25-28-14-10-13-27-12-8-9-17-31(27)28/h8-17,24,26,32,34H,4-7,18-23,25H2,1-3H3,(H2,38,43)/t26?,32?,34-/m1/s1. The fraction of sp³-hybridized carbons (Fsp3) is 0.472. The number of unbranched alkanes of at least 4 members (excludes halogenated alkanes) is 2. The highest BCUT2D eigenvalue weighted by molar-refractivity contribution is 6.30. The molecule has 4 rings (SSSR count). The van der Waals surface area contributed by atoms with Crippen LogP contribution in [0.4, 0.5) is 0 Å². The molecule has 2 N–H and O–H groups in total. The summed E-state index contributed by atoms with van der Waals surface area (Å²) in [4.78, 5) is 47.5. The zero-order valence-corrected chi connectivity index (χ0v) is 27.1. The molecular weight excluding hydrogens is 572 g/mol. The topological polar surface area (TPSA) is 86.9 Å². The van der Waals surface area contributed by atoms with Gasteiger partial charge < -0.3 is 20.4 Å². The molecule has 0 bridgehead atoms. The number of carbonyl (C=O) groups excluding carboxylic acids is 3. The summed E-state index contributed by atoms with van der Waals surface area (Å²) >= 11 is 6.42. The van der Waals surface area contributed by atoms with Crippen molar-refractivity contribution in [2.75, 3.05) is 26.2 Å². The van der Waals surface area contributed by atoms with E-state index in [0.717, 1.165) is 55.1 Å². The molecule has 1 aliphatic rings. The van der Waals surface area contributed by atoms with Gasteiger partial charge in [-0.05, 0) is 73.3 Å². The molecule has 3 aromatic carbocycles. The van der Waals surface area contributed by atoms with Gasteiger partial charge in [0.05, 0.1) is 0 Å². The van der Waals surface area contributed by atoms with Crippen molar-refractivity contribution in [2.45, 2.75) is 83.8 Å². The van der Waals surface area contributed by atoms with E-state index < -0.39 is 18.0 Å². The number of nitrogens with zero attached hydrogens (tertiary/aromatic N) is 3. The highest BCUT2D eigenvalue weighted by atomic mass is 35.5. The van der Waals surface area contributed by atoms with Gasteiger partial charge in [-0.2, -0.15) is 0 Å². The molecule has 3 aromatic rings. The average molecular weight is 619 g/mol. The first-order chi connectivity index (χ1) is 21.2. The summed E-state index contributed by atoms with van der Waals surface area (Å²) in [7, 11) is 0. The molecule has 1 fully saturated rings. The van der Waals surface area contributed by atoms with Gasteiger partial charge in [-0.25, -0.2) is 0 Å². The Morgan fingerprint density at radius 1 is 0.977 bits per heavy atom. The van der Waals surface area contributed by atoms with Gasteiger partial charge in [0, 0.05) is 37.0 Å². The molecule has 1 heterocycles. The van der Waals surface area contributed by atoms with Crippen molar-refractivity contribution in [1.29, 1.82) is 0 Å². The first-order valence-electron chi connectivity index (χ1n) is 16.1. The van der Waals surface area contributed by atoms with Gasteiger partial charge in [0.15, 0.2) is 0 Å². The molecule has 3 amide bonds. The van der Waals surface area contributed by atoms with Crippen LogP contribution in [0.3, 0.4) is 0 Å². The number of nitrogens with two attached hydrogens (primary N) is 1. The number of rotatable bonds is 14. The normalized spacial score (nSPS) is 18.1. The zero-order chi connectivity index (χ0) is 31.6. The molecule has 0 aliphatic carbocycles. The van der Waals surface area contributed by atoms with Crippen molar-refractivity contribution in [3.63, 3.8) is 0 Å². The molecule has 0 aromatic heterocycles. The van der Waals surface area contributed by atoms with E-state index >= 15 is 0 Å². The Balaban J connectivity index is 1.67. The van der Waals surface area contributed by atoms with E-state index in [2.05, 4.69) is 18.7 Å². The predicted molar refractivity (Wildman–Crippen MR) is 178 cm³/mol. The van der Waals surface area contributed by atoms with Crippen molar-refractivity contribution < 1.29 is 14.4 Å². The van der Waals surface area contributed by atoms with Crippen molar-refractivity contribution in [2.24, 2.45) is 5.73 Å².